The second-order valence-corrected chi connectivity index (χ2v) is 3.26. The standard InChI is InChI=1S/C8H15N3O5/c1-4(2-6(9)13)10-8(16)11-5(3-12)7(14)15/h4-5,12H,2-3H2,1H3,(H2,9,13)(H,14,15)(H2,10,11,16). The number of nitrogens with two attached hydrogens (primary N) is 1. The maximum absolute atomic E-state index is 11.2. The molecule has 2 unspecified atom stereocenters. The van der Waals surface area contributed by atoms with Crippen LogP contribution in [0.3, 0.4) is 0 Å². The number of carboxylic acid groups (broad SMARTS) is 1. The van der Waals surface area contributed by atoms with Crippen molar-refractivity contribution >= 4 is 17.9 Å². The van der Waals surface area contributed by atoms with E-state index in [0.29, 0.717) is 0 Å². The van der Waals surface area contributed by atoms with Crippen LogP contribution in [0.1, 0.15) is 13.3 Å². The van der Waals surface area contributed by atoms with E-state index in [1.807, 2.05) is 5.32 Å². The number of carbonyl (C=O) groups is 3. The molecule has 0 aliphatic rings. The maximum Gasteiger partial charge on any atom is 0.328 e. The van der Waals surface area contributed by atoms with Crippen molar-refractivity contribution in [2.24, 2.45) is 5.73 Å². The Labute approximate surface area is 91.8 Å². The minimum atomic E-state index is -1.37. The van der Waals surface area contributed by atoms with Gasteiger partial charge in [0.1, 0.15) is 0 Å². The fraction of sp³-hybridized carbons (Fsp3) is 0.625. The van der Waals surface area contributed by atoms with Gasteiger partial charge in [0.25, 0.3) is 0 Å². The summed E-state index contributed by atoms with van der Waals surface area (Å²) in [6.07, 6.45) is -0.0513. The van der Waals surface area contributed by atoms with E-state index in [4.69, 9.17) is 15.9 Å². The number of rotatable bonds is 6. The molecule has 6 N–H and O–H groups in total. The number of nitrogens with one attached hydrogen (secondary N) is 2. The summed E-state index contributed by atoms with van der Waals surface area (Å²) in [7, 11) is 0. The lowest BCUT2D eigenvalue weighted by Gasteiger charge is -2.16. The van der Waals surface area contributed by atoms with E-state index in [1.54, 1.807) is 6.92 Å². The van der Waals surface area contributed by atoms with E-state index in [-0.39, 0.29) is 6.42 Å². The number of hydrogen-bond donors (Lipinski definition) is 5. The Morgan fingerprint density at radius 3 is 2.25 bits per heavy atom. The topological polar surface area (TPSA) is 142 Å². The summed E-state index contributed by atoms with van der Waals surface area (Å²) in [6, 6.07) is -2.67. The fourth-order valence-electron chi connectivity index (χ4n) is 0.962. The number of urea groups is 1. The van der Waals surface area contributed by atoms with Gasteiger partial charge in [-0.15, -0.1) is 0 Å². The number of aliphatic hydroxyl groups excluding tert-OH is 1. The van der Waals surface area contributed by atoms with Crippen LogP contribution in [0.15, 0.2) is 0 Å². The Balaban J connectivity index is 4.06. The molecule has 0 aliphatic carbocycles. The van der Waals surface area contributed by atoms with E-state index in [1.165, 1.54) is 0 Å². The van der Waals surface area contributed by atoms with Crippen LogP contribution in [0.2, 0.25) is 0 Å². The van der Waals surface area contributed by atoms with Crippen molar-refractivity contribution in [3.8, 4) is 0 Å². The summed E-state index contributed by atoms with van der Waals surface area (Å²) in [5.74, 6) is -1.93. The zero-order chi connectivity index (χ0) is 12.7. The third kappa shape index (κ3) is 5.81. The van der Waals surface area contributed by atoms with Crippen LogP contribution in [0.4, 0.5) is 4.79 Å². The Morgan fingerprint density at radius 1 is 1.31 bits per heavy atom. The normalized spacial score (nSPS) is 13.6. The molecule has 0 bridgehead atoms. The van der Waals surface area contributed by atoms with Crippen LogP contribution in [0, 0.1) is 0 Å². The SMILES string of the molecule is CC(CC(N)=O)NC(=O)NC(CO)C(=O)O. The van der Waals surface area contributed by atoms with E-state index in [9.17, 15) is 14.4 Å². The highest BCUT2D eigenvalue weighted by Gasteiger charge is 2.19. The molecule has 0 saturated heterocycles. The maximum atomic E-state index is 11.2. The summed E-state index contributed by atoms with van der Waals surface area (Å²) in [4.78, 5) is 32.1. The van der Waals surface area contributed by atoms with E-state index in [2.05, 4.69) is 5.32 Å². The molecule has 8 nitrogen and oxygen atoms in total. The van der Waals surface area contributed by atoms with Crippen LogP contribution >= 0.6 is 0 Å². The molecule has 16 heavy (non-hydrogen) atoms. The Morgan fingerprint density at radius 2 is 1.88 bits per heavy atom. The minimum Gasteiger partial charge on any atom is -0.480 e. The van der Waals surface area contributed by atoms with Crippen molar-refractivity contribution in [2.75, 3.05) is 6.61 Å². The molecule has 92 valence electrons. The Kier molecular flexibility index (Phi) is 5.86. The highest BCUT2D eigenvalue weighted by atomic mass is 16.4. The van der Waals surface area contributed by atoms with Gasteiger partial charge in [0, 0.05) is 12.5 Å². The largest absolute Gasteiger partial charge is 0.480 e. The molecule has 0 saturated carbocycles. The highest BCUT2D eigenvalue weighted by molar-refractivity contribution is 5.83. The van der Waals surface area contributed by atoms with Crippen molar-refractivity contribution in [2.45, 2.75) is 25.4 Å². The smallest absolute Gasteiger partial charge is 0.328 e. The molecule has 0 heterocycles. The Hall–Kier alpha value is -1.83. The van der Waals surface area contributed by atoms with Crippen molar-refractivity contribution in [1.29, 1.82) is 0 Å². The van der Waals surface area contributed by atoms with Gasteiger partial charge in [0.15, 0.2) is 6.04 Å². The first-order valence-electron chi connectivity index (χ1n) is 4.55. The molecule has 0 fully saturated rings. The predicted molar refractivity (Wildman–Crippen MR) is 53.5 cm³/mol. The van der Waals surface area contributed by atoms with Gasteiger partial charge in [0.05, 0.1) is 6.61 Å². The molecule has 0 aromatic heterocycles. The van der Waals surface area contributed by atoms with E-state index in [0.717, 1.165) is 0 Å². The lowest BCUT2D eigenvalue weighted by molar-refractivity contribution is -0.140. The van der Waals surface area contributed by atoms with Crippen molar-refractivity contribution in [3.63, 3.8) is 0 Å². The highest BCUT2D eigenvalue weighted by Crippen LogP contribution is 1.89. The second kappa shape index (κ2) is 6.62. The number of carboxylic acids is 1. The molecule has 0 aromatic carbocycles. The summed E-state index contributed by atoms with van der Waals surface area (Å²) >= 11 is 0. The molecule has 0 spiro atoms. The molecule has 2 atom stereocenters. The number of aliphatic hydroxyl groups is 1. The van der Waals surface area contributed by atoms with Gasteiger partial charge in [-0.2, -0.15) is 0 Å². The van der Waals surface area contributed by atoms with Crippen LogP contribution in [0.25, 0.3) is 0 Å². The zero-order valence-electron chi connectivity index (χ0n) is 8.77. The van der Waals surface area contributed by atoms with Gasteiger partial charge in [0.2, 0.25) is 5.91 Å². The first-order valence-corrected chi connectivity index (χ1v) is 4.55. The molecular weight excluding hydrogens is 218 g/mol. The van der Waals surface area contributed by atoms with Crippen molar-refractivity contribution in [1.82, 2.24) is 10.6 Å². The van der Waals surface area contributed by atoms with Crippen molar-refractivity contribution in [3.05, 3.63) is 0 Å². The second-order valence-electron chi connectivity index (χ2n) is 3.26. The van der Waals surface area contributed by atoms with Gasteiger partial charge in [-0.25, -0.2) is 9.59 Å². The van der Waals surface area contributed by atoms with Crippen LogP contribution in [-0.2, 0) is 9.59 Å². The number of aliphatic carboxylic acids is 1. The van der Waals surface area contributed by atoms with Crippen LogP contribution < -0.4 is 16.4 Å². The molecule has 0 aromatic rings. The van der Waals surface area contributed by atoms with Crippen LogP contribution in [-0.4, -0.2) is 46.8 Å². The molecule has 0 aliphatic heterocycles. The van der Waals surface area contributed by atoms with E-state index >= 15 is 0 Å². The molecule has 8 heteroatoms. The Bertz CT molecular complexity index is 281. The van der Waals surface area contributed by atoms with Gasteiger partial charge in [-0.1, -0.05) is 0 Å². The third-order valence-corrected chi connectivity index (χ3v) is 1.67. The first kappa shape index (κ1) is 14.2. The number of amides is 3. The molecule has 0 rings (SSSR count). The predicted octanol–water partition coefficient (Wildman–Crippen LogP) is -2.00. The average molecular weight is 233 g/mol. The molecular formula is C8H15N3O5. The third-order valence-electron chi connectivity index (χ3n) is 1.67. The lowest BCUT2D eigenvalue weighted by atomic mass is 10.2. The fourth-order valence-corrected chi connectivity index (χ4v) is 0.962. The number of primary amides is 1. The number of hydrogen-bond acceptors (Lipinski definition) is 4. The minimum absolute atomic E-state index is 0.0513. The monoisotopic (exact) mass is 233 g/mol. The summed E-state index contributed by atoms with van der Waals surface area (Å²) in [6.45, 7) is 0.825. The summed E-state index contributed by atoms with van der Waals surface area (Å²) < 4.78 is 0. The van der Waals surface area contributed by atoms with E-state index < -0.39 is 36.6 Å². The summed E-state index contributed by atoms with van der Waals surface area (Å²) in [5.41, 5.74) is 4.90. The van der Waals surface area contributed by atoms with Gasteiger partial charge >= 0.3 is 12.0 Å². The van der Waals surface area contributed by atoms with Crippen LogP contribution in [0.5, 0.6) is 0 Å². The van der Waals surface area contributed by atoms with Gasteiger partial charge in [-0.3, -0.25) is 4.79 Å². The quantitative estimate of drug-likeness (QED) is 0.360. The lowest BCUT2D eigenvalue weighted by Crippen LogP contribution is -2.50. The van der Waals surface area contributed by atoms with Gasteiger partial charge < -0.3 is 26.6 Å². The zero-order valence-corrected chi connectivity index (χ0v) is 8.77. The van der Waals surface area contributed by atoms with Gasteiger partial charge in [-0.05, 0) is 6.92 Å². The number of carbonyl (C=O) groups excluding carboxylic acids is 2. The average Bonchev–Trinajstić information content (AvgIpc) is 2.11. The molecule has 0 radical (unpaired) electrons. The molecule has 3 amide bonds. The van der Waals surface area contributed by atoms with Crippen molar-refractivity contribution < 1.29 is 24.6 Å². The first-order chi connectivity index (χ1) is 7.36. The summed E-state index contributed by atoms with van der Waals surface area (Å²) in [5, 5.41) is 21.5.